The van der Waals surface area contributed by atoms with Gasteiger partial charge in [0.15, 0.2) is 11.5 Å². The van der Waals surface area contributed by atoms with Crippen molar-refractivity contribution >= 4 is 5.91 Å². The Morgan fingerprint density at radius 3 is 2.62 bits per heavy atom. The Balaban J connectivity index is 1.11. The molecular weight excluding hydrogens is 402 g/mol. The molecule has 1 fully saturated rings. The molecule has 1 amide bonds. The van der Waals surface area contributed by atoms with Gasteiger partial charge in [-0.2, -0.15) is 5.10 Å². The standard InChI is InChI=1S/C26H29N3O3/c30-25(11-8-20-7-10-23-24(16-20)32-18-31-23)29-14-12-21(13-15-29)26-22(17-27-28-26)9-6-19-4-2-1-3-5-19/h1-5,7,10,16-17,21H,6,8-9,11-15,18H2,(H,27,28). The van der Waals surface area contributed by atoms with Crippen LogP contribution in [-0.2, 0) is 24.1 Å². The van der Waals surface area contributed by atoms with Gasteiger partial charge in [0.05, 0.1) is 6.20 Å². The highest BCUT2D eigenvalue weighted by Crippen LogP contribution is 2.33. The maximum absolute atomic E-state index is 12.8. The van der Waals surface area contributed by atoms with Crippen LogP contribution < -0.4 is 9.47 Å². The van der Waals surface area contributed by atoms with Gasteiger partial charge in [0.1, 0.15) is 0 Å². The number of rotatable bonds is 7. The Morgan fingerprint density at radius 2 is 1.78 bits per heavy atom. The highest BCUT2D eigenvalue weighted by Gasteiger charge is 2.26. The lowest BCUT2D eigenvalue weighted by Gasteiger charge is -2.32. The maximum atomic E-state index is 12.8. The number of carbonyl (C=O) groups excluding carboxylic acids is 1. The van der Waals surface area contributed by atoms with Crippen molar-refractivity contribution in [3.05, 3.63) is 77.1 Å². The molecule has 3 heterocycles. The number of nitrogens with one attached hydrogen (secondary N) is 1. The van der Waals surface area contributed by atoms with Gasteiger partial charge in [-0.3, -0.25) is 9.89 Å². The van der Waals surface area contributed by atoms with E-state index in [0.29, 0.717) is 12.3 Å². The number of aromatic amines is 1. The molecule has 2 aliphatic heterocycles. The van der Waals surface area contributed by atoms with Crippen molar-refractivity contribution in [2.24, 2.45) is 0 Å². The number of carbonyl (C=O) groups is 1. The average Bonchev–Trinajstić information content (AvgIpc) is 3.51. The number of aromatic nitrogens is 2. The van der Waals surface area contributed by atoms with Gasteiger partial charge in [-0.25, -0.2) is 0 Å². The maximum Gasteiger partial charge on any atom is 0.231 e. The number of hydrogen-bond donors (Lipinski definition) is 1. The summed E-state index contributed by atoms with van der Waals surface area (Å²) in [6.07, 6.45) is 7.19. The molecule has 0 atom stereocenters. The van der Waals surface area contributed by atoms with E-state index in [1.165, 1.54) is 16.8 Å². The number of benzene rings is 2. The van der Waals surface area contributed by atoms with Crippen LogP contribution in [0.25, 0.3) is 0 Å². The van der Waals surface area contributed by atoms with Gasteiger partial charge in [-0.05, 0) is 60.9 Å². The molecule has 3 aromatic rings. The molecule has 166 valence electrons. The van der Waals surface area contributed by atoms with E-state index in [4.69, 9.17) is 9.47 Å². The fourth-order valence-corrected chi connectivity index (χ4v) is 4.72. The Morgan fingerprint density at radius 1 is 0.969 bits per heavy atom. The predicted octanol–water partition coefficient (Wildman–Crippen LogP) is 4.26. The highest BCUT2D eigenvalue weighted by atomic mass is 16.7. The summed E-state index contributed by atoms with van der Waals surface area (Å²) in [7, 11) is 0. The molecule has 1 saturated heterocycles. The first kappa shape index (κ1) is 20.6. The van der Waals surface area contributed by atoms with Gasteiger partial charge < -0.3 is 14.4 Å². The second-order valence-electron chi connectivity index (χ2n) is 8.64. The van der Waals surface area contributed by atoms with E-state index in [0.717, 1.165) is 62.3 Å². The Labute approximate surface area is 188 Å². The number of amides is 1. The molecule has 0 spiro atoms. The Bertz CT molecular complexity index is 1060. The normalized spacial score (nSPS) is 15.8. The molecule has 0 bridgehead atoms. The molecule has 32 heavy (non-hydrogen) atoms. The van der Waals surface area contributed by atoms with E-state index in [2.05, 4.69) is 40.5 Å². The minimum atomic E-state index is 0.232. The summed E-state index contributed by atoms with van der Waals surface area (Å²) in [4.78, 5) is 14.8. The van der Waals surface area contributed by atoms with Gasteiger partial charge >= 0.3 is 0 Å². The molecule has 2 aliphatic rings. The van der Waals surface area contributed by atoms with E-state index in [1.54, 1.807) is 0 Å². The zero-order chi connectivity index (χ0) is 21.8. The first-order valence-electron chi connectivity index (χ1n) is 11.5. The zero-order valence-electron chi connectivity index (χ0n) is 18.3. The summed E-state index contributed by atoms with van der Waals surface area (Å²) in [5, 5.41) is 7.57. The number of aryl methyl sites for hydroxylation is 3. The summed E-state index contributed by atoms with van der Waals surface area (Å²) >= 11 is 0. The van der Waals surface area contributed by atoms with Gasteiger partial charge in [0, 0.05) is 31.1 Å². The van der Waals surface area contributed by atoms with Crippen molar-refractivity contribution in [1.82, 2.24) is 15.1 Å². The lowest BCUT2D eigenvalue weighted by atomic mass is 9.89. The van der Waals surface area contributed by atoms with E-state index >= 15 is 0 Å². The highest BCUT2D eigenvalue weighted by molar-refractivity contribution is 5.76. The summed E-state index contributed by atoms with van der Waals surface area (Å²) < 4.78 is 10.8. The fraction of sp³-hybridized carbons (Fsp3) is 0.385. The van der Waals surface area contributed by atoms with Crippen molar-refractivity contribution in [3.8, 4) is 11.5 Å². The van der Waals surface area contributed by atoms with Crippen molar-refractivity contribution in [2.75, 3.05) is 19.9 Å². The number of nitrogens with zero attached hydrogens (tertiary/aromatic N) is 2. The van der Waals surface area contributed by atoms with Crippen molar-refractivity contribution in [2.45, 2.75) is 44.4 Å². The first-order chi connectivity index (χ1) is 15.8. The molecule has 2 aromatic carbocycles. The van der Waals surface area contributed by atoms with E-state index in [-0.39, 0.29) is 12.7 Å². The van der Waals surface area contributed by atoms with Crippen molar-refractivity contribution < 1.29 is 14.3 Å². The SMILES string of the molecule is O=C(CCc1ccc2c(c1)OCO2)N1CCC(c2[nH]ncc2CCc2ccccc2)CC1. The minimum absolute atomic E-state index is 0.232. The van der Waals surface area contributed by atoms with Crippen molar-refractivity contribution in [3.63, 3.8) is 0 Å². The van der Waals surface area contributed by atoms with Crippen molar-refractivity contribution in [1.29, 1.82) is 0 Å². The Hall–Kier alpha value is -3.28. The van der Waals surface area contributed by atoms with E-state index in [9.17, 15) is 4.79 Å². The second-order valence-corrected chi connectivity index (χ2v) is 8.64. The smallest absolute Gasteiger partial charge is 0.231 e. The second kappa shape index (κ2) is 9.47. The van der Waals surface area contributed by atoms with Crippen LogP contribution >= 0.6 is 0 Å². The molecular formula is C26H29N3O3. The third kappa shape index (κ3) is 4.64. The monoisotopic (exact) mass is 431 g/mol. The predicted molar refractivity (Wildman–Crippen MR) is 122 cm³/mol. The molecule has 1 N–H and O–H groups in total. The third-order valence-corrected chi connectivity index (χ3v) is 6.60. The van der Waals surface area contributed by atoms with Crippen LogP contribution in [0.15, 0.2) is 54.7 Å². The molecule has 5 rings (SSSR count). The van der Waals surface area contributed by atoms with E-state index in [1.807, 2.05) is 29.3 Å². The third-order valence-electron chi connectivity index (χ3n) is 6.60. The summed E-state index contributed by atoms with van der Waals surface area (Å²) in [5.74, 6) is 2.23. The first-order valence-corrected chi connectivity index (χ1v) is 11.5. The van der Waals surface area contributed by atoms with Gasteiger partial charge in [-0.15, -0.1) is 0 Å². The van der Waals surface area contributed by atoms with Gasteiger partial charge in [0.25, 0.3) is 0 Å². The molecule has 6 nitrogen and oxygen atoms in total. The molecule has 1 aromatic heterocycles. The van der Waals surface area contributed by atoms with Crippen LogP contribution in [0.1, 0.15) is 47.6 Å². The quantitative estimate of drug-likeness (QED) is 0.607. The molecule has 0 saturated carbocycles. The number of ether oxygens (including phenoxy) is 2. The number of H-pyrrole nitrogens is 1. The molecule has 0 aliphatic carbocycles. The van der Waals surface area contributed by atoms with Crippen LogP contribution in [0.3, 0.4) is 0 Å². The summed E-state index contributed by atoms with van der Waals surface area (Å²) in [6.45, 7) is 1.89. The number of likely N-dealkylation sites (tertiary alicyclic amines) is 1. The molecule has 6 heteroatoms. The molecule has 0 unspecified atom stereocenters. The summed E-state index contributed by atoms with van der Waals surface area (Å²) in [6, 6.07) is 16.5. The van der Waals surface area contributed by atoms with Gasteiger partial charge in [0.2, 0.25) is 12.7 Å². The van der Waals surface area contributed by atoms with Crippen LogP contribution in [0.2, 0.25) is 0 Å². The lowest BCUT2D eigenvalue weighted by molar-refractivity contribution is -0.132. The lowest BCUT2D eigenvalue weighted by Crippen LogP contribution is -2.38. The van der Waals surface area contributed by atoms with Crippen LogP contribution in [0.4, 0.5) is 0 Å². The average molecular weight is 432 g/mol. The Kier molecular flexibility index (Phi) is 6.10. The minimum Gasteiger partial charge on any atom is -0.454 e. The summed E-state index contributed by atoms with van der Waals surface area (Å²) in [5.41, 5.74) is 5.02. The largest absolute Gasteiger partial charge is 0.454 e. The number of piperidine rings is 1. The topological polar surface area (TPSA) is 67.5 Å². The fourth-order valence-electron chi connectivity index (χ4n) is 4.72. The number of hydrogen-bond acceptors (Lipinski definition) is 4. The number of fused-ring (bicyclic) bond motifs is 1. The van der Waals surface area contributed by atoms with Crippen LogP contribution in [0.5, 0.6) is 11.5 Å². The zero-order valence-corrected chi connectivity index (χ0v) is 18.3. The van der Waals surface area contributed by atoms with Crippen LogP contribution in [-0.4, -0.2) is 40.9 Å². The van der Waals surface area contributed by atoms with E-state index < -0.39 is 0 Å². The van der Waals surface area contributed by atoms with Gasteiger partial charge in [-0.1, -0.05) is 36.4 Å². The molecule has 0 radical (unpaired) electrons. The van der Waals surface area contributed by atoms with Crippen LogP contribution in [0, 0.1) is 0 Å².